The van der Waals surface area contributed by atoms with E-state index in [9.17, 15) is 10.2 Å². The van der Waals surface area contributed by atoms with Gasteiger partial charge in [-0.05, 0) is 42.9 Å². The molecule has 2 rings (SSSR count). The van der Waals surface area contributed by atoms with Crippen LogP contribution in [0.25, 0.3) is 0 Å². The number of rotatable bonds is 2. The molecule has 0 aromatic heterocycles. The molecule has 2 aliphatic carbocycles. The lowest BCUT2D eigenvalue weighted by molar-refractivity contribution is 0.131. The standard InChI is InChI=1S/C9H16O2/c10-6-8-1-2-9(5-8,7-11)4-3-8/h10-11H,1-7H2. The molecule has 11 heavy (non-hydrogen) atoms. The van der Waals surface area contributed by atoms with Crippen LogP contribution in [-0.4, -0.2) is 23.4 Å². The Hall–Kier alpha value is -0.0800. The summed E-state index contributed by atoms with van der Waals surface area (Å²) >= 11 is 0. The predicted molar refractivity (Wildman–Crippen MR) is 42.1 cm³/mol. The smallest absolute Gasteiger partial charge is 0.0487 e. The third kappa shape index (κ3) is 0.926. The van der Waals surface area contributed by atoms with Crippen molar-refractivity contribution in [3.05, 3.63) is 0 Å². The van der Waals surface area contributed by atoms with Crippen molar-refractivity contribution in [3.63, 3.8) is 0 Å². The van der Waals surface area contributed by atoms with Crippen LogP contribution in [0.1, 0.15) is 32.1 Å². The first-order chi connectivity index (χ1) is 5.24. The number of aliphatic hydroxyl groups is 2. The molecular weight excluding hydrogens is 140 g/mol. The molecule has 0 heterocycles. The van der Waals surface area contributed by atoms with E-state index >= 15 is 0 Å². The van der Waals surface area contributed by atoms with Gasteiger partial charge >= 0.3 is 0 Å². The minimum Gasteiger partial charge on any atom is -0.396 e. The molecular formula is C9H16O2. The monoisotopic (exact) mass is 156 g/mol. The molecule has 2 saturated carbocycles. The third-order valence-corrected chi connectivity index (χ3v) is 3.79. The Morgan fingerprint density at radius 1 is 0.818 bits per heavy atom. The van der Waals surface area contributed by atoms with Gasteiger partial charge in [0.05, 0.1) is 0 Å². The lowest BCUT2D eigenvalue weighted by atomic mass is 9.83. The average molecular weight is 156 g/mol. The second-order valence-corrected chi connectivity index (χ2v) is 4.49. The van der Waals surface area contributed by atoms with Crippen LogP contribution >= 0.6 is 0 Å². The van der Waals surface area contributed by atoms with E-state index in [2.05, 4.69) is 0 Å². The summed E-state index contributed by atoms with van der Waals surface area (Å²) in [5.74, 6) is 0. The Balaban J connectivity index is 2.15. The Morgan fingerprint density at radius 3 is 1.36 bits per heavy atom. The van der Waals surface area contributed by atoms with Gasteiger partial charge in [-0.2, -0.15) is 0 Å². The third-order valence-electron chi connectivity index (χ3n) is 3.79. The summed E-state index contributed by atoms with van der Waals surface area (Å²) in [6, 6.07) is 0. The van der Waals surface area contributed by atoms with E-state index in [1.165, 1.54) is 0 Å². The average Bonchev–Trinajstić information content (AvgIpc) is 2.61. The van der Waals surface area contributed by atoms with Crippen LogP contribution in [0.15, 0.2) is 0 Å². The van der Waals surface area contributed by atoms with Gasteiger partial charge < -0.3 is 10.2 Å². The molecule has 0 unspecified atom stereocenters. The fourth-order valence-corrected chi connectivity index (χ4v) is 2.89. The maximum atomic E-state index is 9.17. The first kappa shape index (κ1) is 7.56. The van der Waals surface area contributed by atoms with Crippen molar-refractivity contribution in [2.45, 2.75) is 32.1 Å². The van der Waals surface area contributed by atoms with Crippen molar-refractivity contribution < 1.29 is 10.2 Å². The van der Waals surface area contributed by atoms with Gasteiger partial charge in [-0.1, -0.05) is 0 Å². The van der Waals surface area contributed by atoms with Gasteiger partial charge in [0.2, 0.25) is 0 Å². The van der Waals surface area contributed by atoms with Crippen LogP contribution in [0.5, 0.6) is 0 Å². The van der Waals surface area contributed by atoms with Crippen LogP contribution in [-0.2, 0) is 0 Å². The molecule has 2 N–H and O–H groups in total. The summed E-state index contributed by atoms with van der Waals surface area (Å²) in [6.45, 7) is 0.656. The molecule has 0 aromatic carbocycles. The lowest BCUT2D eigenvalue weighted by Crippen LogP contribution is -2.19. The number of aliphatic hydroxyl groups excluding tert-OH is 2. The van der Waals surface area contributed by atoms with Crippen molar-refractivity contribution in [3.8, 4) is 0 Å². The van der Waals surface area contributed by atoms with Crippen molar-refractivity contribution in [2.24, 2.45) is 10.8 Å². The molecule has 0 atom stereocenters. The molecule has 2 bridgehead atoms. The summed E-state index contributed by atoms with van der Waals surface area (Å²) in [5.41, 5.74) is 0.422. The fraction of sp³-hybridized carbons (Fsp3) is 1.00. The van der Waals surface area contributed by atoms with Crippen LogP contribution < -0.4 is 0 Å². The van der Waals surface area contributed by atoms with E-state index in [-0.39, 0.29) is 10.8 Å². The predicted octanol–water partition coefficient (Wildman–Crippen LogP) is 0.921. The lowest BCUT2D eigenvalue weighted by Gasteiger charge is -2.24. The Kier molecular flexibility index (Phi) is 1.52. The number of hydrogen-bond acceptors (Lipinski definition) is 2. The molecule has 64 valence electrons. The molecule has 0 aliphatic heterocycles. The topological polar surface area (TPSA) is 40.5 Å². The van der Waals surface area contributed by atoms with Crippen LogP contribution in [0, 0.1) is 10.8 Å². The van der Waals surface area contributed by atoms with Crippen molar-refractivity contribution in [2.75, 3.05) is 13.2 Å². The summed E-state index contributed by atoms with van der Waals surface area (Å²) in [5, 5.41) is 18.3. The van der Waals surface area contributed by atoms with Crippen LogP contribution in [0.2, 0.25) is 0 Å². The van der Waals surface area contributed by atoms with E-state index in [0.717, 1.165) is 32.1 Å². The first-order valence-corrected chi connectivity index (χ1v) is 4.46. The van der Waals surface area contributed by atoms with Crippen molar-refractivity contribution >= 4 is 0 Å². The quantitative estimate of drug-likeness (QED) is 0.624. The summed E-state index contributed by atoms with van der Waals surface area (Å²) in [4.78, 5) is 0. The van der Waals surface area contributed by atoms with E-state index in [1.54, 1.807) is 0 Å². The maximum absolute atomic E-state index is 9.17. The summed E-state index contributed by atoms with van der Waals surface area (Å²) in [7, 11) is 0. The molecule has 0 saturated heterocycles. The van der Waals surface area contributed by atoms with Gasteiger partial charge in [-0.3, -0.25) is 0 Å². The molecule has 0 spiro atoms. The Bertz CT molecular complexity index is 139. The first-order valence-electron chi connectivity index (χ1n) is 4.46. The van der Waals surface area contributed by atoms with E-state index in [4.69, 9.17) is 0 Å². The number of hydrogen-bond donors (Lipinski definition) is 2. The molecule has 2 heteroatoms. The van der Waals surface area contributed by atoms with Gasteiger partial charge in [0, 0.05) is 13.2 Å². The zero-order valence-electron chi connectivity index (χ0n) is 6.84. The highest BCUT2D eigenvalue weighted by atomic mass is 16.3. The highest BCUT2D eigenvalue weighted by Gasteiger charge is 2.53. The van der Waals surface area contributed by atoms with E-state index in [0.29, 0.717) is 13.2 Å². The van der Waals surface area contributed by atoms with Gasteiger partial charge in [0.1, 0.15) is 0 Å². The van der Waals surface area contributed by atoms with Crippen molar-refractivity contribution in [1.82, 2.24) is 0 Å². The summed E-state index contributed by atoms with van der Waals surface area (Å²) in [6.07, 6.45) is 5.58. The van der Waals surface area contributed by atoms with Crippen LogP contribution in [0.3, 0.4) is 0 Å². The van der Waals surface area contributed by atoms with Gasteiger partial charge in [0.15, 0.2) is 0 Å². The van der Waals surface area contributed by atoms with E-state index in [1.807, 2.05) is 0 Å². The minimum absolute atomic E-state index is 0.211. The number of fused-ring (bicyclic) bond motifs is 2. The van der Waals surface area contributed by atoms with Gasteiger partial charge in [-0.15, -0.1) is 0 Å². The second-order valence-electron chi connectivity index (χ2n) is 4.49. The summed E-state index contributed by atoms with van der Waals surface area (Å²) < 4.78 is 0. The highest BCUT2D eigenvalue weighted by molar-refractivity contribution is 5.03. The van der Waals surface area contributed by atoms with Crippen molar-refractivity contribution in [1.29, 1.82) is 0 Å². The Morgan fingerprint density at radius 2 is 1.18 bits per heavy atom. The van der Waals surface area contributed by atoms with E-state index < -0.39 is 0 Å². The van der Waals surface area contributed by atoms with Gasteiger partial charge in [0.25, 0.3) is 0 Å². The van der Waals surface area contributed by atoms with Crippen LogP contribution in [0.4, 0.5) is 0 Å². The normalized spacial score (nSPS) is 48.5. The fourth-order valence-electron chi connectivity index (χ4n) is 2.89. The molecule has 0 radical (unpaired) electrons. The minimum atomic E-state index is 0.211. The molecule has 2 aliphatic rings. The molecule has 0 amide bonds. The zero-order valence-corrected chi connectivity index (χ0v) is 6.84. The van der Waals surface area contributed by atoms with Gasteiger partial charge in [-0.25, -0.2) is 0 Å². The largest absolute Gasteiger partial charge is 0.396 e. The SMILES string of the molecule is OCC12CCC(CO)(CC1)C2. The highest BCUT2D eigenvalue weighted by Crippen LogP contribution is 2.60. The second kappa shape index (κ2) is 2.20. The Labute approximate surface area is 67.2 Å². The molecule has 2 fully saturated rings. The maximum Gasteiger partial charge on any atom is 0.0487 e. The molecule has 2 nitrogen and oxygen atoms in total. The zero-order chi connectivity index (χ0) is 7.95. The molecule has 0 aromatic rings.